The van der Waals surface area contributed by atoms with Crippen LogP contribution in [-0.2, 0) is 14.3 Å². The molecule has 0 aliphatic carbocycles. The highest BCUT2D eigenvalue weighted by Gasteiger charge is 2.15. The molecule has 1 rings (SSSR count). The Bertz CT molecular complexity index is 469. The molecule has 0 spiro atoms. The number of nitrogens with one attached hydrogen (secondary N) is 1. The maximum absolute atomic E-state index is 11.3. The second-order valence-electron chi connectivity index (χ2n) is 3.68. The lowest BCUT2D eigenvalue weighted by atomic mass is 10.3. The third kappa shape index (κ3) is 6.21. The number of ether oxygens (including phenoxy) is 2. The van der Waals surface area contributed by atoms with Crippen LogP contribution in [0, 0.1) is 0 Å². The lowest BCUT2D eigenvalue weighted by molar-refractivity contribution is -0.131. The number of methoxy groups -OCH3 is 1. The molecular formula is C12H16BrClN2O4. The molecule has 0 aromatic carbocycles. The fourth-order valence-corrected chi connectivity index (χ4v) is 1.46. The Morgan fingerprint density at radius 1 is 1.55 bits per heavy atom. The molecule has 0 amide bonds. The van der Waals surface area contributed by atoms with Gasteiger partial charge in [0.1, 0.15) is 4.60 Å². The summed E-state index contributed by atoms with van der Waals surface area (Å²) in [5.74, 6) is -0.508. The zero-order chi connectivity index (χ0) is 15.7. The number of hydrogen-bond donors (Lipinski definition) is 1. The molecule has 0 saturated carbocycles. The Balaban J connectivity index is 0.000000511. The Kier molecular flexibility index (Phi) is 8.91. The summed E-state index contributed by atoms with van der Waals surface area (Å²) < 4.78 is 9.34. The van der Waals surface area contributed by atoms with Gasteiger partial charge in [-0.15, -0.1) is 0 Å². The molecule has 8 heteroatoms. The van der Waals surface area contributed by atoms with Crippen molar-refractivity contribution in [3.8, 4) is 0 Å². The van der Waals surface area contributed by atoms with E-state index < -0.39 is 5.97 Å². The summed E-state index contributed by atoms with van der Waals surface area (Å²) in [4.78, 5) is 24.6. The van der Waals surface area contributed by atoms with Crippen LogP contribution in [0.3, 0.4) is 0 Å². The van der Waals surface area contributed by atoms with E-state index in [9.17, 15) is 9.59 Å². The number of esters is 1. The number of carbonyl (C=O) groups excluding carboxylic acids is 2. The minimum absolute atomic E-state index is 0.0301. The predicted octanol–water partition coefficient (Wildman–Crippen LogP) is 2.89. The van der Waals surface area contributed by atoms with Crippen LogP contribution in [0.25, 0.3) is 0 Å². The summed E-state index contributed by atoms with van der Waals surface area (Å²) in [6.07, 6.45) is 0.0301. The van der Waals surface area contributed by atoms with Crippen LogP contribution in [0.2, 0.25) is 5.02 Å². The van der Waals surface area contributed by atoms with E-state index in [2.05, 4.69) is 35.7 Å². The number of rotatable bonds is 4. The van der Waals surface area contributed by atoms with Gasteiger partial charge in [0, 0.05) is 7.05 Å². The number of nitrogens with zero attached hydrogens (tertiary/aromatic N) is 1. The Labute approximate surface area is 130 Å². The molecule has 0 unspecified atom stereocenters. The molecule has 0 saturated heterocycles. The van der Waals surface area contributed by atoms with Crippen LogP contribution < -0.4 is 5.32 Å². The minimum atomic E-state index is -0.508. The van der Waals surface area contributed by atoms with E-state index in [0.29, 0.717) is 21.8 Å². The van der Waals surface area contributed by atoms with Crippen LogP contribution in [0.4, 0.5) is 5.69 Å². The van der Waals surface area contributed by atoms with Gasteiger partial charge in [0.2, 0.25) is 0 Å². The summed E-state index contributed by atoms with van der Waals surface area (Å²) in [7, 11) is 2.97. The van der Waals surface area contributed by atoms with E-state index in [1.165, 1.54) is 7.11 Å². The van der Waals surface area contributed by atoms with Crippen molar-refractivity contribution in [3.05, 3.63) is 21.4 Å². The van der Waals surface area contributed by atoms with Gasteiger partial charge in [0.15, 0.2) is 5.69 Å². The van der Waals surface area contributed by atoms with E-state index in [4.69, 9.17) is 11.6 Å². The van der Waals surface area contributed by atoms with Gasteiger partial charge >= 0.3 is 5.97 Å². The van der Waals surface area contributed by atoms with Crippen molar-refractivity contribution in [3.63, 3.8) is 0 Å². The van der Waals surface area contributed by atoms with E-state index in [1.54, 1.807) is 27.0 Å². The molecule has 0 fully saturated rings. The monoisotopic (exact) mass is 366 g/mol. The van der Waals surface area contributed by atoms with Gasteiger partial charge in [-0.05, 0) is 35.8 Å². The molecule has 1 heterocycles. The van der Waals surface area contributed by atoms with Crippen molar-refractivity contribution < 1.29 is 19.1 Å². The summed E-state index contributed by atoms with van der Waals surface area (Å²) >= 11 is 8.94. The highest BCUT2D eigenvalue weighted by Crippen LogP contribution is 2.26. The van der Waals surface area contributed by atoms with E-state index in [-0.39, 0.29) is 11.8 Å². The molecule has 20 heavy (non-hydrogen) atoms. The van der Waals surface area contributed by atoms with Gasteiger partial charge in [-0.2, -0.15) is 0 Å². The van der Waals surface area contributed by atoms with Crippen molar-refractivity contribution in [2.24, 2.45) is 0 Å². The molecule has 112 valence electrons. The molecule has 1 aromatic heterocycles. The number of halogens is 2. The fraction of sp³-hybridized carbons (Fsp3) is 0.417. The largest absolute Gasteiger partial charge is 0.465 e. The van der Waals surface area contributed by atoms with Gasteiger partial charge in [0.25, 0.3) is 6.47 Å². The first-order chi connectivity index (χ1) is 9.37. The molecule has 0 atom stereocenters. The van der Waals surface area contributed by atoms with Gasteiger partial charge in [-0.3, -0.25) is 4.79 Å². The molecule has 6 nitrogen and oxygen atoms in total. The Morgan fingerprint density at radius 3 is 2.50 bits per heavy atom. The predicted molar refractivity (Wildman–Crippen MR) is 80.1 cm³/mol. The van der Waals surface area contributed by atoms with Crippen molar-refractivity contribution >= 4 is 45.7 Å². The SMILES string of the molecule is CC(C)OC=O.CNc1cc(Cl)c(Br)nc1C(=O)OC. The molecule has 1 N–H and O–H groups in total. The number of aromatic nitrogens is 1. The van der Waals surface area contributed by atoms with Crippen LogP contribution in [0.15, 0.2) is 10.7 Å². The second kappa shape index (κ2) is 9.55. The standard InChI is InChI=1S/C8H8BrClN2O2.C4H8O2/c1-11-5-3-4(10)7(9)12-6(5)8(13)14-2;1-4(2)6-3-5/h3,11H,1-2H3;3-4H,1-2H3. The van der Waals surface area contributed by atoms with E-state index in [0.717, 1.165) is 0 Å². The highest BCUT2D eigenvalue weighted by molar-refractivity contribution is 9.10. The fourth-order valence-electron chi connectivity index (χ4n) is 1.02. The first kappa shape index (κ1) is 18.7. The molecular weight excluding hydrogens is 351 g/mol. The summed E-state index contributed by atoms with van der Waals surface area (Å²) in [5.41, 5.74) is 0.733. The van der Waals surface area contributed by atoms with E-state index >= 15 is 0 Å². The van der Waals surface area contributed by atoms with Crippen molar-refractivity contribution in [2.45, 2.75) is 20.0 Å². The van der Waals surface area contributed by atoms with Crippen molar-refractivity contribution in [2.75, 3.05) is 19.5 Å². The number of pyridine rings is 1. The first-order valence-corrected chi connectivity index (χ1v) is 6.75. The topological polar surface area (TPSA) is 77.5 Å². The maximum Gasteiger partial charge on any atom is 0.358 e. The molecule has 0 aliphatic rings. The zero-order valence-electron chi connectivity index (χ0n) is 11.6. The smallest absolute Gasteiger partial charge is 0.358 e. The van der Waals surface area contributed by atoms with Gasteiger partial charge < -0.3 is 14.8 Å². The normalized spacial score (nSPS) is 9.35. The van der Waals surface area contributed by atoms with Gasteiger partial charge in [0.05, 0.1) is 23.9 Å². The molecule has 1 aromatic rings. The molecule has 0 aliphatic heterocycles. The maximum atomic E-state index is 11.3. The Morgan fingerprint density at radius 2 is 2.15 bits per heavy atom. The summed E-state index contributed by atoms with van der Waals surface area (Å²) in [5, 5.41) is 3.24. The third-order valence-corrected chi connectivity index (χ3v) is 3.03. The summed E-state index contributed by atoms with van der Waals surface area (Å²) in [6, 6.07) is 1.60. The third-order valence-electron chi connectivity index (χ3n) is 1.91. The van der Waals surface area contributed by atoms with Crippen LogP contribution >= 0.6 is 27.5 Å². The quantitative estimate of drug-likeness (QED) is 0.501. The van der Waals surface area contributed by atoms with Crippen molar-refractivity contribution in [1.29, 1.82) is 0 Å². The van der Waals surface area contributed by atoms with Crippen LogP contribution in [-0.4, -0.2) is 37.7 Å². The summed E-state index contributed by atoms with van der Waals surface area (Å²) in [6.45, 7) is 4.05. The van der Waals surface area contributed by atoms with Gasteiger partial charge in [-0.25, -0.2) is 9.78 Å². The van der Waals surface area contributed by atoms with Crippen LogP contribution in [0.1, 0.15) is 24.3 Å². The first-order valence-electron chi connectivity index (χ1n) is 5.58. The van der Waals surface area contributed by atoms with Gasteiger partial charge in [-0.1, -0.05) is 11.6 Å². The lowest BCUT2D eigenvalue weighted by Crippen LogP contribution is -2.08. The van der Waals surface area contributed by atoms with E-state index in [1.807, 2.05) is 0 Å². The second-order valence-corrected chi connectivity index (χ2v) is 4.84. The number of carbonyl (C=O) groups is 2. The number of anilines is 1. The molecule has 0 bridgehead atoms. The zero-order valence-corrected chi connectivity index (χ0v) is 13.9. The average Bonchev–Trinajstić information content (AvgIpc) is 2.41. The van der Waals surface area contributed by atoms with Crippen molar-refractivity contribution in [1.82, 2.24) is 4.98 Å². The average molecular weight is 368 g/mol. The minimum Gasteiger partial charge on any atom is -0.465 e. The molecule has 0 radical (unpaired) electrons. The lowest BCUT2D eigenvalue weighted by Gasteiger charge is -2.07. The number of hydrogen-bond acceptors (Lipinski definition) is 6. The highest BCUT2D eigenvalue weighted by atomic mass is 79.9. The van der Waals surface area contributed by atoms with Crippen LogP contribution in [0.5, 0.6) is 0 Å². The Hall–Kier alpha value is -1.34.